The number of hydrazone groups is 1. The Morgan fingerprint density at radius 2 is 1.83 bits per heavy atom. The molecular formula is C21H28ClF3N6O3S. The average molecular weight is 537 g/mol. The van der Waals surface area contributed by atoms with Crippen LogP contribution in [0.1, 0.15) is 36.0 Å². The number of nitrogens with one attached hydrogen (secondary N) is 1. The summed E-state index contributed by atoms with van der Waals surface area (Å²) in [6, 6.07) is 3.39. The van der Waals surface area contributed by atoms with Crippen LogP contribution in [0, 0.1) is 5.82 Å². The summed E-state index contributed by atoms with van der Waals surface area (Å²) in [6.07, 6.45) is 0.582. The van der Waals surface area contributed by atoms with Gasteiger partial charge in [0.15, 0.2) is 0 Å². The van der Waals surface area contributed by atoms with Gasteiger partial charge in [-0.3, -0.25) is 14.7 Å². The van der Waals surface area contributed by atoms with E-state index in [1.165, 1.54) is 17.4 Å². The summed E-state index contributed by atoms with van der Waals surface area (Å²) in [7, 11) is -2.55. The third kappa shape index (κ3) is 6.13. The summed E-state index contributed by atoms with van der Waals surface area (Å²) in [5.41, 5.74) is -0.721. The van der Waals surface area contributed by atoms with Crippen LogP contribution in [0.3, 0.4) is 0 Å². The van der Waals surface area contributed by atoms with E-state index >= 15 is 0 Å². The molecule has 1 saturated heterocycles. The second-order valence-corrected chi connectivity index (χ2v) is 10.9. The largest absolute Gasteiger partial charge is 0.350 e. The number of piperazine rings is 1. The highest BCUT2D eigenvalue weighted by Gasteiger charge is 2.48. The summed E-state index contributed by atoms with van der Waals surface area (Å²) >= 11 is 5.98. The molecule has 3 rings (SSSR count). The first-order valence-electron chi connectivity index (χ1n) is 11.0. The molecule has 2 fully saturated rings. The molecule has 3 N–H and O–H groups in total. The molecule has 1 heterocycles. The van der Waals surface area contributed by atoms with Crippen molar-refractivity contribution >= 4 is 38.8 Å². The van der Waals surface area contributed by atoms with Crippen LogP contribution < -0.4 is 11.2 Å². The van der Waals surface area contributed by atoms with Crippen molar-refractivity contribution in [3.05, 3.63) is 34.6 Å². The Kier molecular flexibility index (Phi) is 8.45. The second kappa shape index (κ2) is 10.8. The highest BCUT2D eigenvalue weighted by atomic mass is 35.5. The number of nitrogens with two attached hydrogens (primary N) is 1. The summed E-state index contributed by atoms with van der Waals surface area (Å²) in [4.78, 5) is 18.3. The smallest absolute Gasteiger partial charge is 0.263 e. The molecule has 0 atom stereocenters. The van der Waals surface area contributed by atoms with Gasteiger partial charge in [-0.15, -0.1) is 0 Å². The van der Waals surface area contributed by atoms with Gasteiger partial charge in [0.1, 0.15) is 5.82 Å². The lowest BCUT2D eigenvalue weighted by Crippen LogP contribution is -2.63. The van der Waals surface area contributed by atoms with Gasteiger partial charge < -0.3 is 11.2 Å². The lowest BCUT2D eigenvalue weighted by molar-refractivity contribution is -0.0855. The topological polar surface area (TPSA) is 120 Å². The minimum absolute atomic E-state index is 0.0559. The number of carbonyl (C=O) groups is 1. The van der Waals surface area contributed by atoms with Crippen molar-refractivity contribution < 1.29 is 26.4 Å². The van der Waals surface area contributed by atoms with E-state index in [0.29, 0.717) is 0 Å². The van der Waals surface area contributed by atoms with E-state index in [4.69, 9.17) is 17.4 Å². The van der Waals surface area contributed by atoms with Crippen molar-refractivity contribution in [2.75, 3.05) is 39.8 Å². The molecule has 0 radical (unpaired) electrons. The van der Waals surface area contributed by atoms with Crippen LogP contribution >= 0.6 is 11.6 Å². The Morgan fingerprint density at radius 1 is 1.20 bits per heavy atom. The molecule has 0 bridgehead atoms. The lowest BCUT2D eigenvalue weighted by atomic mass is 9.78. The van der Waals surface area contributed by atoms with E-state index in [1.807, 2.05) is 4.90 Å². The van der Waals surface area contributed by atoms with Crippen molar-refractivity contribution in [1.82, 2.24) is 14.5 Å². The molecule has 9 nitrogen and oxygen atoms in total. The number of rotatable bonds is 6. The maximum atomic E-state index is 14.0. The minimum atomic E-state index is -3.95. The number of hydrogen-bond donors (Lipinski definition) is 2. The van der Waals surface area contributed by atoms with Gasteiger partial charge in [-0.1, -0.05) is 11.6 Å². The fraction of sp³-hybridized carbons (Fsp3) is 0.571. The number of nitrogens with zero attached hydrogens (tertiary/aromatic N) is 4. The number of aliphatic imine (C=N–C) groups is 1. The molecule has 35 heavy (non-hydrogen) atoms. The normalized spacial score (nSPS) is 21.8. The molecule has 2 aliphatic rings. The molecular weight excluding hydrogens is 509 g/mol. The van der Waals surface area contributed by atoms with Crippen LogP contribution in [0.5, 0.6) is 0 Å². The number of amides is 1. The third-order valence-electron chi connectivity index (χ3n) is 6.55. The fourth-order valence-corrected chi connectivity index (χ4v) is 6.05. The number of halogens is 4. The monoisotopic (exact) mass is 536 g/mol. The van der Waals surface area contributed by atoms with Gasteiger partial charge in [0.25, 0.3) is 15.9 Å². The summed E-state index contributed by atoms with van der Waals surface area (Å²) < 4.78 is 68.1. The van der Waals surface area contributed by atoms with E-state index in [9.17, 15) is 26.4 Å². The molecule has 0 unspecified atom stereocenters. The zero-order valence-electron chi connectivity index (χ0n) is 19.2. The molecule has 14 heteroatoms. The first-order chi connectivity index (χ1) is 16.4. The molecule has 1 aromatic carbocycles. The van der Waals surface area contributed by atoms with Crippen LogP contribution in [-0.2, 0) is 10.0 Å². The first kappa shape index (κ1) is 27.4. The van der Waals surface area contributed by atoms with Crippen molar-refractivity contribution in [1.29, 1.82) is 0 Å². The van der Waals surface area contributed by atoms with Gasteiger partial charge in [0.2, 0.25) is 11.0 Å². The van der Waals surface area contributed by atoms with Gasteiger partial charge in [0, 0.05) is 58.2 Å². The molecule has 1 aromatic rings. The average Bonchev–Trinajstić information content (AvgIpc) is 2.82. The first-order valence-corrected chi connectivity index (χ1v) is 12.8. The Labute approximate surface area is 207 Å². The van der Waals surface area contributed by atoms with Crippen molar-refractivity contribution in [2.24, 2.45) is 15.9 Å². The zero-order chi connectivity index (χ0) is 25.9. The Hall–Kier alpha value is -2.22. The number of alkyl halides is 2. The third-order valence-corrected chi connectivity index (χ3v) is 8.64. The van der Waals surface area contributed by atoms with E-state index in [-0.39, 0.29) is 74.0 Å². The maximum absolute atomic E-state index is 14.0. The van der Waals surface area contributed by atoms with Crippen LogP contribution in [0.25, 0.3) is 0 Å². The Bertz CT molecular complexity index is 1100. The van der Waals surface area contributed by atoms with Crippen molar-refractivity contribution in [2.45, 2.75) is 37.1 Å². The summed E-state index contributed by atoms with van der Waals surface area (Å²) in [6.45, 7) is 0.766. The molecule has 0 aromatic heterocycles. The van der Waals surface area contributed by atoms with Crippen LogP contribution in [-0.4, -0.2) is 86.0 Å². The SMILES string of the molecule is CN=CC(=NN)S(=O)(=O)N1CCN(C2(CNC(=O)c3ccc(F)cc3Cl)CCC(F)(F)CC2)CC1. The number of benzene rings is 1. The summed E-state index contributed by atoms with van der Waals surface area (Å²) in [5.74, 6) is 1.28. The highest BCUT2D eigenvalue weighted by molar-refractivity contribution is 8.06. The predicted octanol–water partition coefficient (Wildman–Crippen LogP) is 2.08. The molecule has 0 spiro atoms. The van der Waals surface area contributed by atoms with E-state index in [1.54, 1.807) is 0 Å². The Balaban J connectivity index is 1.75. The van der Waals surface area contributed by atoms with Gasteiger partial charge in [-0.05, 0) is 31.0 Å². The van der Waals surface area contributed by atoms with E-state index in [0.717, 1.165) is 18.3 Å². The molecule has 1 amide bonds. The van der Waals surface area contributed by atoms with E-state index in [2.05, 4.69) is 15.4 Å². The second-order valence-electron chi connectivity index (χ2n) is 8.63. The fourth-order valence-electron chi connectivity index (χ4n) is 4.51. The zero-order valence-corrected chi connectivity index (χ0v) is 20.8. The number of hydrogen-bond acceptors (Lipinski definition) is 7. The maximum Gasteiger partial charge on any atom is 0.263 e. The van der Waals surface area contributed by atoms with Gasteiger partial charge in [0.05, 0.1) is 16.8 Å². The summed E-state index contributed by atoms with van der Waals surface area (Å²) in [5, 5.41) is 5.65. The minimum Gasteiger partial charge on any atom is -0.350 e. The number of carbonyl (C=O) groups excluding carboxylic acids is 1. The molecule has 1 saturated carbocycles. The molecule has 194 valence electrons. The highest BCUT2D eigenvalue weighted by Crippen LogP contribution is 2.42. The van der Waals surface area contributed by atoms with Gasteiger partial charge in [-0.25, -0.2) is 21.6 Å². The van der Waals surface area contributed by atoms with E-state index < -0.39 is 33.2 Å². The molecule has 1 aliphatic heterocycles. The lowest BCUT2D eigenvalue weighted by Gasteiger charge is -2.50. The van der Waals surface area contributed by atoms with Crippen LogP contribution in [0.2, 0.25) is 5.02 Å². The predicted molar refractivity (Wildman–Crippen MR) is 128 cm³/mol. The van der Waals surface area contributed by atoms with Gasteiger partial charge in [-0.2, -0.15) is 9.41 Å². The van der Waals surface area contributed by atoms with Crippen molar-refractivity contribution in [3.63, 3.8) is 0 Å². The van der Waals surface area contributed by atoms with Crippen LogP contribution in [0.4, 0.5) is 13.2 Å². The van der Waals surface area contributed by atoms with Crippen LogP contribution in [0.15, 0.2) is 28.3 Å². The van der Waals surface area contributed by atoms with Gasteiger partial charge >= 0.3 is 0 Å². The van der Waals surface area contributed by atoms with Crippen molar-refractivity contribution in [3.8, 4) is 0 Å². The molecule has 1 aliphatic carbocycles. The number of sulfonamides is 1. The standard InChI is InChI=1S/C21H28ClF3N6O3S/c1-27-13-18(29-26)35(33,34)31-10-8-30(9-11-31)20(4-6-21(24,25)7-5-20)14-28-19(32)16-3-2-15(23)12-17(16)22/h2-3,12-13H,4-11,14,26H2,1H3,(H,28,32). The Morgan fingerprint density at radius 3 is 2.37 bits per heavy atom. The quantitative estimate of drug-likeness (QED) is 0.250.